The number of hydrogen-bond donors (Lipinski definition) is 4. The van der Waals surface area contributed by atoms with Crippen molar-refractivity contribution in [3.8, 4) is 40.9 Å². The van der Waals surface area contributed by atoms with E-state index in [9.17, 15) is 28.5 Å². The molecule has 0 aromatic heterocycles. The van der Waals surface area contributed by atoms with Crippen LogP contribution in [-0.2, 0) is 4.52 Å². The average molecular weight is 888 g/mol. The summed E-state index contributed by atoms with van der Waals surface area (Å²) in [5.41, 5.74) is 0. The second-order valence-corrected chi connectivity index (χ2v) is 15.2. The topological polar surface area (TPSA) is 118 Å². The molecule has 0 aliphatic rings. The van der Waals surface area contributed by atoms with Crippen molar-refractivity contribution >= 4 is 25.4 Å². The van der Waals surface area contributed by atoms with Gasteiger partial charge >= 0.3 is 0 Å². The molecule has 0 saturated heterocycles. The molecule has 7 atom stereocenters. The van der Waals surface area contributed by atoms with Gasteiger partial charge in [0, 0.05) is 40.4 Å². The number of halogens is 4. The first-order valence-electron chi connectivity index (χ1n) is 19.0. The summed E-state index contributed by atoms with van der Waals surface area (Å²) >= 11 is 3.41. The van der Waals surface area contributed by atoms with Gasteiger partial charge in [-0.05, 0) is 111 Å². The molecule has 0 spiro atoms. The van der Waals surface area contributed by atoms with Crippen LogP contribution in [0.3, 0.4) is 0 Å². The van der Waals surface area contributed by atoms with Gasteiger partial charge in [-0.2, -0.15) is 0 Å². The molecule has 0 aliphatic carbocycles. The number of benzene rings is 3. The van der Waals surface area contributed by atoms with Gasteiger partial charge in [0.2, 0.25) is 0 Å². The summed E-state index contributed by atoms with van der Waals surface area (Å²) < 4.78 is 58.9. The van der Waals surface area contributed by atoms with Crippen molar-refractivity contribution in [2.75, 3.05) is 33.0 Å². The Morgan fingerprint density at radius 3 is 1.23 bits per heavy atom. The van der Waals surface area contributed by atoms with Crippen LogP contribution >= 0.6 is 25.4 Å². The van der Waals surface area contributed by atoms with E-state index < -0.39 is 18.3 Å². The predicted molar refractivity (Wildman–Crippen MR) is 228 cm³/mol. The number of aliphatic hydroxyl groups excluding tert-OH is 4. The molecule has 8 nitrogen and oxygen atoms in total. The number of ether oxygens (including phenoxy) is 3. The van der Waals surface area contributed by atoms with Crippen LogP contribution in [0, 0.1) is 53.0 Å². The molecule has 3 aromatic carbocycles. The summed E-state index contributed by atoms with van der Waals surface area (Å²) in [6.45, 7) is 7.36. The predicted octanol–water partition coefficient (Wildman–Crippen LogP) is 8.92. The smallest absolute Gasteiger partial charge is 0.123 e. The summed E-state index contributed by atoms with van der Waals surface area (Å²) in [4.78, 5) is 0.396. The van der Waals surface area contributed by atoms with Gasteiger partial charge in [0.1, 0.15) is 54.5 Å². The molecule has 57 heavy (non-hydrogen) atoms. The van der Waals surface area contributed by atoms with Crippen molar-refractivity contribution in [3.63, 3.8) is 0 Å². The van der Waals surface area contributed by atoms with Gasteiger partial charge in [0.15, 0.2) is 0 Å². The Kier molecular flexibility index (Phi) is 29.6. The van der Waals surface area contributed by atoms with Gasteiger partial charge in [-0.1, -0.05) is 36.7 Å². The zero-order valence-electron chi connectivity index (χ0n) is 33.1. The Hall–Kier alpha value is -3.32. The van der Waals surface area contributed by atoms with Crippen molar-refractivity contribution < 1.29 is 53.8 Å². The Morgan fingerprint density at radius 2 is 0.912 bits per heavy atom. The summed E-state index contributed by atoms with van der Waals surface area (Å²) in [7, 11) is 2.20. The standard InChI is InChI=1S/C16H22FO3P.C16H21FO3.C12H16BrFO2.H2/c1-13(4-2-3-11-20-21)5-8-15(18)12-19-16-9-6-14(17)7-10-16;1-13(4-2-3-11-18)5-8-15(19)12-20-16-9-6-14(17)7-10-16;1-9(13)2-5-11(15)8-16-12-6-3-10(14)4-7-12;/h6-7,9-10,13,15,18H,3,5,8,11-12,21H2,1H3;6-7,9-10,13,15,18-19H,3,5,8,11-12H2,1H3;3-4,6-7,9,11,15H,2,5,8H2,1H3;1H/t2*13?,15-;9?,11-;/m000./s1/i;;;1+2. The van der Waals surface area contributed by atoms with Crippen LogP contribution in [0.2, 0.25) is 0 Å². The maximum atomic E-state index is 12.7. The first kappa shape index (κ1) is 51.7. The number of alkyl halides is 1. The fourth-order valence-electron chi connectivity index (χ4n) is 4.53. The van der Waals surface area contributed by atoms with E-state index in [1.807, 2.05) is 20.8 Å². The van der Waals surface area contributed by atoms with Gasteiger partial charge in [-0.3, -0.25) is 0 Å². The molecule has 4 unspecified atom stereocenters. The van der Waals surface area contributed by atoms with E-state index >= 15 is 0 Å². The van der Waals surface area contributed by atoms with E-state index in [1.165, 1.54) is 48.5 Å². The maximum Gasteiger partial charge on any atom is 0.123 e. The summed E-state index contributed by atoms with van der Waals surface area (Å²) in [5.74, 6) is 13.2. The number of rotatable bonds is 21. The monoisotopic (exact) mass is 886 g/mol. The van der Waals surface area contributed by atoms with Crippen LogP contribution in [0.1, 0.15) is 73.6 Å². The zero-order chi connectivity index (χ0) is 42.3. The van der Waals surface area contributed by atoms with Crippen molar-refractivity contribution in [3.05, 3.63) is 90.2 Å². The molecule has 0 amide bonds. The Morgan fingerprint density at radius 1 is 0.579 bits per heavy atom. The summed E-state index contributed by atoms with van der Waals surface area (Å²) in [6.07, 6.45) is 3.98. The second-order valence-electron chi connectivity index (χ2n) is 13.3. The van der Waals surface area contributed by atoms with Crippen molar-refractivity contribution in [2.45, 2.75) is 95.3 Å². The third kappa shape index (κ3) is 29.5. The Balaban J connectivity index is 0.000000841. The minimum atomic E-state index is -0.567. The number of hydrogen-bond acceptors (Lipinski definition) is 8. The lowest BCUT2D eigenvalue weighted by Crippen LogP contribution is -2.18. The molecular weight excluding hydrogens is 824 g/mol. The van der Waals surface area contributed by atoms with E-state index in [1.54, 1.807) is 24.3 Å². The van der Waals surface area contributed by atoms with Crippen LogP contribution in [-0.4, -0.2) is 76.6 Å². The van der Waals surface area contributed by atoms with Gasteiger partial charge in [0.05, 0.1) is 31.5 Å². The highest BCUT2D eigenvalue weighted by Gasteiger charge is 2.10. The highest BCUT2D eigenvalue weighted by Crippen LogP contribution is 2.16. The van der Waals surface area contributed by atoms with E-state index in [-0.39, 0.29) is 57.1 Å². The molecule has 4 N–H and O–H groups in total. The third-order valence-corrected chi connectivity index (χ3v) is 8.50. The lowest BCUT2D eigenvalue weighted by Gasteiger charge is -2.13. The highest BCUT2D eigenvalue weighted by atomic mass is 79.9. The fraction of sp³-hybridized carbons (Fsp3) is 0.500. The van der Waals surface area contributed by atoms with E-state index in [2.05, 4.69) is 49.1 Å². The molecule has 0 saturated carbocycles. The Labute approximate surface area is 349 Å². The molecule has 318 valence electrons. The highest BCUT2D eigenvalue weighted by molar-refractivity contribution is 9.09. The minimum absolute atomic E-state index is 0. The van der Waals surface area contributed by atoms with Crippen LogP contribution in [0.25, 0.3) is 0 Å². The van der Waals surface area contributed by atoms with Crippen LogP contribution in [0.5, 0.6) is 17.2 Å². The van der Waals surface area contributed by atoms with E-state index in [4.69, 9.17) is 23.8 Å². The lowest BCUT2D eigenvalue weighted by molar-refractivity contribution is 0.0960. The van der Waals surface area contributed by atoms with Crippen LogP contribution in [0.4, 0.5) is 13.2 Å². The molecular formula is C44H61BrF3O8P. The molecule has 0 fully saturated rings. The quantitative estimate of drug-likeness (QED) is 0.0363. The average Bonchev–Trinajstić information content (AvgIpc) is 3.20. The first-order chi connectivity index (χ1) is 27.3. The fourth-order valence-corrected chi connectivity index (χ4v) is 4.91. The first-order valence-corrected chi connectivity index (χ1v) is 20.4. The maximum absolute atomic E-state index is 12.7. The third-order valence-electron chi connectivity index (χ3n) is 7.81. The minimum Gasteiger partial charge on any atom is -0.491 e. The molecule has 13 heteroatoms. The molecule has 0 bridgehead atoms. The van der Waals surface area contributed by atoms with E-state index in [0.29, 0.717) is 60.8 Å². The largest absolute Gasteiger partial charge is 0.491 e. The normalized spacial score (nSPS) is 13.5. The molecule has 0 radical (unpaired) electrons. The van der Waals surface area contributed by atoms with Gasteiger partial charge < -0.3 is 39.2 Å². The SMILES string of the molecule is CC(Br)CC[C@H](O)COc1ccc(F)cc1.CC(C#CCCO)CC[C@H](O)COc1ccc(F)cc1.CC(C#CCCOP)CC[C@H](O)COc1ccc(F)cc1.[3HH]. The Bertz CT molecular complexity index is 1570. The van der Waals surface area contributed by atoms with Crippen LogP contribution in [0.15, 0.2) is 72.8 Å². The van der Waals surface area contributed by atoms with Crippen molar-refractivity contribution in [1.82, 2.24) is 0 Å². The number of aliphatic hydroxyl groups is 4. The zero-order valence-corrected chi connectivity index (χ0v) is 35.8. The molecule has 0 aliphatic heterocycles. The van der Waals surface area contributed by atoms with Gasteiger partial charge in [0.25, 0.3) is 0 Å². The summed E-state index contributed by atoms with van der Waals surface area (Å²) in [5, 5.41) is 37.9. The van der Waals surface area contributed by atoms with Crippen LogP contribution < -0.4 is 14.2 Å². The van der Waals surface area contributed by atoms with Gasteiger partial charge in [-0.25, -0.2) is 13.2 Å². The van der Waals surface area contributed by atoms with Crippen molar-refractivity contribution in [1.29, 1.82) is 0 Å². The summed E-state index contributed by atoms with van der Waals surface area (Å²) in [6, 6.07) is 17.2. The van der Waals surface area contributed by atoms with E-state index in [0.717, 1.165) is 19.3 Å². The second kappa shape index (κ2) is 32.6. The molecule has 3 aromatic rings. The lowest BCUT2D eigenvalue weighted by atomic mass is 10.0. The van der Waals surface area contributed by atoms with Crippen molar-refractivity contribution in [2.24, 2.45) is 11.8 Å². The van der Waals surface area contributed by atoms with Gasteiger partial charge in [-0.15, -0.1) is 23.7 Å². The molecule has 0 heterocycles. The molecule has 3 rings (SSSR count).